The van der Waals surface area contributed by atoms with E-state index in [1.165, 1.54) is 70.6 Å². The minimum atomic E-state index is -0.231. The van der Waals surface area contributed by atoms with Crippen molar-refractivity contribution in [2.24, 2.45) is 0 Å². The minimum Gasteiger partial charge on any atom is -0.0888 e. The lowest BCUT2D eigenvalue weighted by molar-refractivity contribution is 0.716. The largest absolute Gasteiger partial charge is 0.0888 e. The summed E-state index contributed by atoms with van der Waals surface area (Å²) in [7, 11) is 0. The van der Waals surface area contributed by atoms with Gasteiger partial charge in [-0.1, -0.05) is 115 Å². The Bertz CT molecular complexity index is 1860. The first-order valence-corrected chi connectivity index (χ1v) is 13.7. The Morgan fingerprint density at radius 1 is 0.514 bits per heavy atom. The summed E-state index contributed by atoms with van der Waals surface area (Å²) in [6, 6.07) is 47.2. The molecule has 2 aliphatic rings. The lowest BCUT2D eigenvalue weighted by Gasteiger charge is -2.30. The highest BCUT2D eigenvalue weighted by atomic mass is 32.2. The maximum absolute atomic E-state index is 2.44. The van der Waals surface area contributed by atoms with Crippen LogP contribution in [0.1, 0.15) is 23.6 Å². The number of rotatable bonds is 2. The fourth-order valence-corrected chi connectivity index (χ4v) is 7.81. The van der Waals surface area contributed by atoms with Gasteiger partial charge in [0.2, 0.25) is 0 Å². The van der Waals surface area contributed by atoms with Crippen LogP contribution in [-0.2, 0) is 5.41 Å². The van der Waals surface area contributed by atoms with Crippen LogP contribution in [0.5, 0.6) is 0 Å². The zero-order valence-corrected chi connectivity index (χ0v) is 21.3. The molecule has 1 atom stereocenters. The van der Waals surface area contributed by atoms with Crippen molar-refractivity contribution in [1.82, 2.24) is 0 Å². The summed E-state index contributed by atoms with van der Waals surface area (Å²) < 4.78 is 0. The highest BCUT2D eigenvalue weighted by molar-refractivity contribution is 7.99. The normalized spacial score (nSPS) is 16.8. The summed E-state index contributed by atoms with van der Waals surface area (Å²) in [4.78, 5) is 2.68. The molecule has 0 saturated carbocycles. The van der Waals surface area contributed by atoms with Gasteiger partial charge in [0, 0.05) is 20.6 Å². The van der Waals surface area contributed by atoms with Crippen LogP contribution >= 0.6 is 11.8 Å². The van der Waals surface area contributed by atoms with E-state index in [2.05, 4.69) is 134 Å². The number of fused-ring (bicyclic) bond motifs is 5. The van der Waals surface area contributed by atoms with Gasteiger partial charge in [-0.2, -0.15) is 0 Å². The molecular formula is C36H24S. The van der Waals surface area contributed by atoms with Crippen molar-refractivity contribution in [3.05, 3.63) is 144 Å². The molecule has 174 valence electrons. The van der Waals surface area contributed by atoms with E-state index in [0.717, 1.165) is 0 Å². The minimum absolute atomic E-state index is 0.231. The van der Waals surface area contributed by atoms with Gasteiger partial charge in [0.25, 0.3) is 0 Å². The Morgan fingerprint density at radius 2 is 1.19 bits per heavy atom. The van der Waals surface area contributed by atoms with E-state index < -0.39 is 0 Å². The topological polar surface area (TPSA) is 0 Å². The van der Waals surface area contributed by atoms with Gasteiger partial charge in [-0.3, -0.25) is 0 Å². The Morgan fingerprint density at radius 3 is 2.08 bits per heavy atom. The molecule has 1 aliphatic heterocycles. The average molecular weight is 489 g/mol. The molecule has 0 fully saturated rings. The molecule has 6 aromatic rings. The Labute approximate surface area is 221 Å². The first kappa shape index (κ1) is 21.1. The molecule has 1 aliphatic carbocycles. The van der Waals surface area contributed by atoms with Crippen LogP contribution in [0.4, 0.5) is 0 Å². The van der Waals surface area contributed by atoms with Gasteiger partial charge in [-0.05, 0) is 86.6 Å². The lowest BCUT2D eigenvalue weighted by atomic mass is 9.72. The molecular weight excluding hydrogens is 464 g/mol. The number of benzene rings is 6. The second-order valence-corrected chi connectivity index (χ2v) is 11.3. The average Bonchev–Trinajstić information content (AvgIpc) is 3.23. The summed E-state index contributed by atoms with van der Waals surface area (Å²) in [5.41, 5.74) is 11.9. The molecule has 0 nitrogen and oxygen atoms in total. The maximum atomic E-state index is 2.44. The quantitative estimate of drug-likeness (QED) is 0.233. The third-order valence-electron chi connectivity index (χ3n) is 8.32. The highest BCUT2D eigenvalue weighted by Gasteiger charge is 2.42. The van der Waals surface area contributed by atoms with E-state index in [4.69, 9.17) is 0 Å². The molecule has 0 radical (unpaired) electrons. The zero-order chi connectivity index (χ0) is 24.6. The predicted octanol–water partition coefficient (Wildman–Crippen LogP) is 9.97. The second kappa shape index (κ2) is 7.71. The molecule has 1 unspecified atom stereocenters. The van der Waals surface area contributed by atoms with Crippen molar-refractivity contribution in [3.63, 3.8) is 0 Å². The number of hydrogen-bond donors (Lipinski definition) is 0. The van der Waals surface area contributed by atoms with Gasteiger partial charge in [-0.25, -0.2) is 0 Å². The summed E-state index contributed by atoms with van der Waals surface area (Å²) in [6.45, 7) is 2.41. The molecule has 6 aromatic carbocycles. The van der Waals surface area contributed by atoms with Crippen LogP contribution < -0.4 is 0 Å². The molecule has 0 N–H and O–H groups in total. The smallest absolute Gasteiger partial charge is 0.0441 e. The van der Waals surface area contributed by atoms with E-state index in [9.17, 15) is 0 Å². The molecule has 1 heteroatoms. The van der Waals surface area contributed by atoms with Gasteiger partial charge >= 0.3 is 0 Å². The van der Waals surface area contributed by atoms with Gasteiger partial charge in [0.1, 0.15) is 0 Å². The standard InChI is InChI=1S/C36H24S/c1-36(25-12-3-2-4-13-25)31-18-7-5-14-27(31)29-17-10-16-26(35(29)36)24-21-23-11-9-20-33-34(23)30(22-24)28-15-6-8-19-32(28)37-33/h2-22H,1H3. The second-order valence-electron chi connectivity index (χ2n) is 10.2. The van der Waals surface area contributed by atoms with Gasteiger partial charge < -0.3 is 0 Å². The van der Waals surface area contributed by atoms with E-state index in [1.54, 1.807) is 0 Å². The van der Waals surface area contributed by atoms with Crippen LogP contribution in [0.25, 0.3) is 44.2 Å². The van der Waals surface area contributed by atoms with Crippen molar-refractivity contribution in [2.45, 2.75) is 22.1 Å². The van der Waals surface area contributed by atoms with Gasteiger partial charge in [0.15, 0.2) is 0 Å². The highest BCUT2D eigenvalue weighted by Crippen LogP contribution is 2.56. The van der Waals surface area contributed by atoms with Crippen molar-refractivity contribution in [1.29, 1.82) is 0 Å². The maximum Gasteiger partial charge on any atom is 0.0441 e. The summed E-state index contributed by atoms with van der Waals surface area (Å²) in [5.74, 6) is 0. The van der Waals surface area contributed by atoms with E-state index in [0.29, 0.717) is 0 Å². The van der Waals surface area contributed by atoms with Crippen LogP contribution in [0, 0.1) is 0 Å². The van der Waals surface area contributed by atoms with Crippen molar-refractivity contribution >= 4 is 22.5 Å². The summed E-state index contributed by atoms with van der Waals surface area (Å²) in [6.07, 6.45) is 0. The van der Waals surface area contributed by atoms with Gasteiger partial charge in [-0.15, -0.1) is 0 Å². The molecule has 37 heavy (non-hydrogen) atoms. The summed E-state index contributed by atoms with van der Waals surface area (Å²) >= 11 is 1.89. The Hall–Kier alpha value is -4.07. The zero-order valence-electron chi connectivity index (χ0n) is 20.5. The molecule has 8 rings (SSSR count). The first-order chi connectivity index (χ1) is 18.2. The van der Waals surface area contributed by atoms with Crippen LogP contribution in [0.15, 0.2) is 137 Å². The molecule has 0 bridgehead atoms. The monoisotopic (exact) mass is 488 g/mol. The van der Waals surface area contributed by atoms with E-state index in [-0.39, 0.29) is 5.41 Å². The molecule has 0 spiro atoms. The lowest BCUT2D eigenvalue weighted by Crippen LogP contribution is -2.23. The van der Waals surface area contributed by atoms with E-state index in [1.807, 2.05) is 11.8 Å². The van der Waals surface area contributed by atoms with Crippen LogP contribution in [0.2, 0.25) is 0 Å². The van der Waals surface area contributed by atoms with Crippen molar-refractivity contribution in [3.8, 4) is 33.4 Å². The molecule has 0 aromatic heterocycles. The first-order valence-electron chi connectivity index (χ1n) is 12.9. The van der Waals surface area contributed by atoms with Crippen LogP contribution in [0.3, 0.4) is 0 Å². The van der Waals surface area contributed by atoms with Crippen molar-refractivity contribution < 1.29 is 0 Å². The third kappa shape index (κ3) is 2.86. The molecule has 0 saturated heterocycles. The SMILES string of the molecule is CC1(c2ccccc2)c2ccccc2-c2cccc(-c3cc4c5c(cccc5c3)Sc3ccccc3-4)c21. The fourth-order valence-electron chi connectivity index (χ4n) is 6.66. The summed E-state index contributed by atoms with van der Waals surface area (Å²) in [5, 5.41) is 2.68. The Kier molecular flexibility index (Phi) is 4.39. The van der Waals surface area contributed by atoms with Gasteiger partial charge in [0.05, 0.1) is 0 Å². The van der Waals surface area contributed by atoms with E-state index >= 15 is 0 Å². The molecule has 0 amide bonds. The number of hydrogen-bond acceptors (Lipinski definition) is 1. The fraction of sp³-hybridized carbons (Fsp3) is 0.0556. The van der Waals surface area contributed by atoms with Crippen LogP contribution in [-0.4, -0.2) is 0 Å². The Balaban J connectivity index is 1.46. The van der Waals surface area contributed by atoms with Crippen molar-refractivity contribution in [2.75, 3.05) is 0 Å². The molecule has 1 heterocycles. The predicted molar refractivity (Wildman–Crippen MR) is 156 cm³/mol. The third-order valence-corrected chi connectivity index (χ3v) is 9.45.